The van der Waals surface area contributed by atoms with Crippen molar-refractivity contribution in [3.63, 3.8) is 0 Å². The van der Waals surface area contributed by atoms with Gasteiger partial charge in [-0.25, -0.2) is 4.79 Å². The van der Waals surface area contributed by atoms with Crippen molar-refractivity contribution in [2.75, 3.05) is 13.1 Å². The van der Waals surface area contributed by atoms with Crippen LogP contribution in [-0.4, -0.2) is 46.9 Å². The van der Waals surface area contributed by atoms with Crippen LogP contribution in [0, 0.1) is 0 Å². The minimum absolute atomic E-state index is 0.0315. The van der Waals surface area contributed by atoms with E-state index in [1.54, 1.807) is 16.2 Å². The number of nitrogens with one attached hydrogen (secondary N) is 1. The highest BCUT2D eigenvalue weighted by atomic mass is 32.1. The molecular formula is C19H27N3O2S. The zero-order valence-corrected chi connectivity index (χ0v) is 15.5. The van der Waals surface area contributed by atoms with E-state index in [0.29, 0.717) is 19.1 Å². The summed E-state index contributed by atoms with van der Waals surface area (Å²) >= 11 is 1.78. The number of rotatable bonds is 2. The largest absolute Gasteiger partial charge is 0.336 e. The summed E-state index contributed by atoms with van der Waals surface area (Å²) in [5.41, 5.74) is 1.28. The minimum Gasteiger partial charge on any atom is -0.336 e. The molecule has 0 bridgehead atoms. The van der Waals surface area contributed by atoms with Gasteiger partial charge in [-0.1, -0.05) is 19.3 Å². The lowest BCUT2D eigenvalue weighted by atomic mass is 9.96. The summed E-state index contributed by atoms with van der Waals surface area (Å²) < 4.78 is 0. The van der Waals surface area contributed by atoms with Crippen molar-refractivity contribution >= 4 is 23.3 Å². The number of likely N-dealkylation sites (tertiary alicyclic amines) is 1. The molecule has 0 spiro atoms. The molecule has 3 amide bonds. The van der Waals surface area contributed by atoms with Gasteiger partial charge in [-0.2, -0.15) is 0 Å². The highest BCUT2D eigenvalue weighted by Gasteiger charge is 2.38. The SMILES string of the molecule is O=C([C@@H]1CCCN1C(=O)NC1CCCCC1)N1CCc2sccc2C1. The van der Waals surface area contributed by atoms with E-state index in [4.69, 9.17) is 0 Å². The third-order valence-electron chi connectivity index (χ3n) is 5.85. The van der Waals surface area contributed by atoms with Crippen LogP contribution in [0.15, 0.2) is 11.4 Å². The van der Waals surface area contributed by atoms with E-state index in [0.717, 1.165) is 38.6 Å². The van der Waals surface area contributed by atoms with Gasteiger partial charge in [-0.3, -0.25) is 4.79 Å². The van der Waals surface area contributed by atoms with Crippen LogP contribution in [0.25, 0.3) is 0 Å². The molecule has 1 saturated heterocycles. The number of thiophene rings is 1. The van der Waals surface area contributed by atoms with Gasteiger partial charge in [-0.05, 0) is 49.1 Å². The number of fused-ring (bicyclic) bond motifs is 1. The average molecular weight is 362 g/mol. The van der Waals surface area contributed by atoms with Gasteiger partial charge in [0.15, 0.2) is 0 Å². The number of carbonyl (C=O) groups excluding carboxylic acids is 2. The predicted molar refractivity (Wildman–Crippen MR) is 98.6 cm³/mol. The molecule has 136 valence electrons. The molecule has 5 nitrogen and oxygen atoms in total. The molecule has 0 radical (unpaired) electrons. The number of carbonyl (C=O) groups is 2. The molecule has 1 N–H and O–H groups in total. The first-order valence-electron chi connectivity index (χ1n) is 9.63. The molecule has 2 fully saturated rings. The van der Waals surface area contributed by atoms with Crippen LogP contribution in [0.5, 0.6) is 0 Å². The van der Waals surface area contributed by atoms with Crippen molar-refractivity contribution in [1.82, 2.24) is 15.1 Å². The molecule has 1 atom stereocenters. The van der Waals surface area contributed by atoms with Crippen molar-refractivity contribution in [2.45, 2.75) is 70.0 Å². The molecule has 0 unspecified atom stereocenters. The van der Waals surface area contributed by atoms with Crippen LogP contribution in [0.1, 0.15) is 55.4 Å². The Kier molecular flexibility index (Phi) is 4.97. The maximum Gasteiger partial charge on any atom is 0.318 e. The fourth-order valence-corrected chi connectivity index (χ4v) is 5.31. The van der Waals surface area contributed by atoms with Gasteiger partial charge in [0, 0.05) is 30.6 Å². The Labute approximate surface area is 153 Å². The van der Waals surface area contributed by atoms with Crippen molar-refractivity contribution in [3.8, 4) is 0 Å². The van der Waals surface area contributed by atoms with Gasteiger partial charge >= 0.3 is 6.03 Å². The van der Waals surface area contributed by atoms with E-state index in [2.05, 4.69) is 16.8 Å². The van der Waals surface area contributed by atoms with E-state index < -0.39 is 0 Å². The smallest absolute Gasteiger partial charge is 0.318 e. The summed E-state index contributed by atoms with van der Waals surface area (Å²) in [5.74, 6) is 0.133. The maximum absolute atomic E-state index is 13.0. The zero-order chi connectivity index (χ0) is 17.2. The maximum atomic E-state index is 13.0. The Hall–Kier alpha value is -1.56. The standard InChI is InChI=1S/C19H27N3O2S/c23-18(21-11-8-17-14(13-21)9-12-25-17)16-7-4-10-22(16)19(24)20-15-5-2-1-3-6-15/h9,12,15-16H,1-8,10-11,13H2,(H,20,24)/t16-/m0/s1. The van der Waals surface area contributed by atoms with E-state index in [1.807, 2.05) is 4.90 Å². The number of hydrogen-bond donors (Lipinski definition) is 1. The van der Waals surface area contributed by atoms with E-state index in [-0.39, 0.29) is 18.0 Å². The molecule has 3 heterocycles. The first-order valence-corrected chi connectivity index (χ1v) is 10.5. The first kappa shape index (κ1) is 16.9. The lowest BCUT2D eigenvalue weighted by molar-refractivity contribution is -0.136. The van der Waals surface area contributed by atoms with Gasteiger partial charge < -0.3 is 15.1 Å². The van der Waals surface area contributed by atoms with Gasteiger partial charge in [0.2, 0.25) is 5.91 Å². The first-order chi connectivity index (χ1) is 12.2. The molecule has 1 aliphatic carbocycles. The normalized spacial score (nSPS) is 24.2. The molecular weight excluding hydrogens is 334 g/mol. The third kappa shape index (κ3) is 3.54. The molecule has 4 rings (SSSR count). The lowest BCUT2D eigenvalue weighted by Gasteiger charge is -2.33. The Balaban J connectivity index is 1.39. The lowest BCUT2D eigenvalue weighted by Crippen LogP contribution is -2.53. The highest BCUT2D eigenvalue weighted by Crippen LogP contribution is 2.27. The Bertz CT molecular complexity index is 638. The van der Waals surface area contributed by atoms with Gasteiger partial charge in [-0.15, -0.1) is 11.3 Å². The molecule has 1 saturated carbocycles. The molecule has 0 aromatic carbocycles. The molecule has 25 heavy (non-hydrogen) atoms. The summed E-state index contributed by atoms with van der Waals surface area (Å²) in [4.78, 5) is 30.9. The number of nitrogens with zero attached hydrogens (tertiary/aromatic N) is 2. The predicted octanol–water partition coefficient (Wildman–Crippen LogP) is 3.14. The van der Waals surface area contributed by atoms with Crippen LogP contribution in [0.3, 0.4) is 0 Å². The monoisotopic (exact) mass is 361 g/mol. The number of hydrogen-bond acceptors (Lipinski definition) is 3. The molecule has 3 aliphatic rings. The summed E-state index contributed by atoms with van der Waals surface area (Å²) in [6.45, 7) is 2.18. The third-order valence-corrected chi connectivity index (χ3v) is 6.87. The Morgan fingerprint density at radius 1 is 1.08 bits per heavy atom. The van der Waals surface area contributed by atoms with Crippen molar-refractivity contribution in [1.29, 1.82) is 0 Å². The van der Waals surface area contributed by atoms with Crippen molar-refractivity contribution in [3.05, 3.63) is 21.9 Å². The van der Waals surface area contributed by atoms with Gasteiger partial charge in [0.1, 0.15) is 6.04 Å². The van der Waals surface area contributed by atoms with E-state index >= 15 is 0 Å². The summed E-state index contributed by atoms with van der Waals surface area (Å²) in [6, 6.07) is 2.11. The minimum atomic E-state index is -0.274. The van der Waals surface area contributed by atoms with Crippen molar-refractivity contribution < 1.29 is 9.59 Å². The van der Waals surface area contributed by atoms with Crippen LogP contribution in [0.4, 0.5) is 4.79 Å². The molecule has 1 aromatic heterocycles. The van der Waals surface area contributed by atoms with E-state index in [9.17, 15) is 9.59 Å². The van der Waals surface area contributed by atoms with Crippen LogP contribution in [0.2, 0.25) is 0 Å². The summed E-state index contributed by atoms with van der Waals surface area (Å²) in [6.07, 6.45) is 8.48. The highest BCUT2D eigenvalue weighted by molar-refractivity contribution is 7.10. The fraction of sp³-hybridized carbons (Fsp3) is 0.684. The molecule has 2 aliphatic heterocycles. The van der Waals surface area contributed by atoms with Gasteiger partial charge in [0.25, 0.3) is 0 Å². The molecule has 6 heteroatoms. The fourth-order valence-electron chi connectivity index (χ4n) is 4.42. The average Bonchev–Trinajstić information content (AvgIpc) is 3.30. The van der Waals surface area contributed by atoms with Crippen LogP contribution in [-0.2, 0) is 17.8 Å². The second-order valence-corrected chi connectivity index (χ2v) is 8.52. The van der Waals surface area contributed by atoms with Crippen LogP contribution < -0.4 is 5.32 Å². The number of urea groups is 1. The topological polar surface area (TPSA) is 52.7 Å². The zero-order valence-electron chi connectivity index (χ0n) is 14.7. The van der Waals surface area contributed by atoms with Crippen LogP contribution >= 0.6 is 11.3 Å². The Morgan fingerprint density at radius 2 is 1.92 bits per heavy atom. The summed E-state index contributed by atoms with van der Waals surface area (Å²) in [7, 11) is 0. The van der Waals surface area contributed by atoms with Crippen molar-refractivity contribution in [2.24, 2.45) is 0 Å². The van der Waals surface area contributed by atoms with E-state index in [1.165, 1.54) is 29.7 Å². The number of amides is 3. The molecule has 1 aromatic rings. The quantitative estimate of drug-likeness (QED) is 0.880. The second kappa shape index (κ2) is 7.36. The summed E-state index contributed by atoms with van der Waals surface area (Å²) in [5, 5.41) is 5.29. The Morgan fingerprint density at radius 3 is 2.76 bits per heavy atom. The van der Waals surface area contributed by atoms with Gasteiger partial charge in [0.05, 0.1) is 0 Å². The second-order valence-electron chi connectivity index (χ2n) is 7.51.